The van der Waals surface area contributed by atoms with Crippen LogP contribution in [0.15, 0.2) is 51.8 Å². The van der Waals surface area contributed by atoms with Crippen molar-refractivity contribution in [3.05, 3.63) is 63.6 Å². The standard InChI is InChI=1S/C16H15BrOS/c1-11-4-3-5-13(8-11)10-19-16-7-6-14(17)9-15(16)12(2)18/h3-9H,10H2,1-2H3. The number of thioether (sulfide) groups is 1. The molecule has 98 valence electrons. The van der Waals surface area contributed by atoms with Crippen LogP contribution in [0.5, 0.6) is 0 Å². The van der Waals surface area contributed by atoms with Crippen LogP contribution >= 0.6 is 27.7 Å². The molecule has 0 aliphatic heterocycles. The van der Waals surface area contributed by atoms with Crippen LogP contribution in [0.25, 0.3) is 0 Å². The summed E-state index contributed by atoms with van der Waals surface area (Å²) >= 11 is 5.11. The largest absolute Gasteiger partial charge is 0.294 e. The molecule has 2 aromatic rings. The SMILES string of the molecule is CC(=O)c1cc(Br)ccc1SCc1cccc(C)c1. The Balaban J connectivity index is 2.17. The molecule has 0 N–H and O–H groups in total. The first-order valence-electron chi connectivity index (χ1n) is 6.05. The molecule has 0 atom stereocenters. The average Bonchev–Trinajstić information content (AvgIpc) is 2.37. The quantitative estimate of drug-likeness (QED) is 0.560. The lowest BCUT2D eigenvalue weighted by Gasteiger charge is -2.08. The molecule has 2 aromatic carbocycles. The molecule has 0 aromatic heterocycles. The summed E-state index contributed by atoms with van der Waals surface area (Å²) in [5.74, 6) is 0.983. The number of hydrogen-bond donors (Lipinski definition) is 0. The molecule has 0 bridgehead atoms. The van der Waals surface area contributed by atoms with Crippen molar-refractivity contribution in [2.24, 2.45) is 0 Å². The van der Waals surface area contributed by atoms with E-state index >= 15 is 0 Å². The highest BCUT2D eigenvalue weighted by Gasteiger charge is 2.08. The van der Waals surface area contributed by atoms with Gasteiger partial charge < -0.3 is 0 Å². The van der Waals surface area contributed by atoms with Crippen LogP contribution in [-0.2, 0) is 5.75 Å². The lowest BCUT2D eigenvalue weighted by atomic mass is 10.1. The van der Waals surface area contributed by atoms with Gasteiger partial charge >= 0.3 is 0 Å². The fourth-order valence-electron chi connectivity index (χ4n) is 1.87. The van der Waals surface area contributed by atoms with E-state index in [9.17, 15) is 4.79 Å². The maximum atomic E-state index is 11.6. The van der Waals surface area contributed by atoms with Gasteiger partial charge in [0.05, 0.1) is 0 Å². The topological polar surface area (TPSA) is 17.1 Å². The molecule has 0 saturated heterocycles. The first-order chi connectivity index (χ1) is 9.06. The van der Waals surface area contributed by atoms with Gasteiger partial charge in [0, 0.05) is 20.7 Å². The molecule has 0 saturated carbocycles. The molecule has 0 aliphatic carbocycles. The Hall–Kier alpha value is -1.06. The van der Waals surface area contributed by atoms with Gasteiger partial charge in [-0.1, -0.05) is 45.8 Å². The summed E-state index contributed by atoms with van der Waals surface area (Å²) < 4.78 is 0.942. The molecular weight excluding hydrogens is 320 g/mol. The molecule has 19 heavy (non-hydrogen) atoms. The number of rotatable bonds is 4. The molecule has 0 aliphatic rings. The minimum atomic E-state index is 0.105. The average molecular weight is 335 g/mol. The predicted molar refractivity (Wildman–Crippen MR) is 84.9 cm³/mol. The van der Waals surface area contributed by atoms with Crippen LogP contribution in [0.3, 0.4) is 0 Å². The third kappa shape index (κ3) is 3.95. The van der Waals surface area contributed by atoms with Gasteiger partial charge in [-0.3, -0.25) is 4.79 Å². The minimum Gasteiger partial charge on any atom is -0.294 e. The van der Waals surface area contributed by atoms with Gasteiger partial charge in [-0.25, -0.2) is 0 Å². The highest BCUT2D eigenvalue weighted by atomic mass is 79.9. The van der Waals surface area contributed by atoms with Gasteiger partial charge in [0.2, 0.25) is 0 Å². The number of hydrogen-bond acceptors (Lipinski definition) is 2. The fourth-order valence-corrected chi connectivity index (χ4v) is 3.25. The number of halogens is 1. The third-order valence-corrected chi connectivity index (χ3v) is 4.44. The monoisotopic (exact) mass is 334 g/mol. The Kier molecular flexibility index (Phi) is 4.83. The second-order valence-corrected chi connectivity index (χ2v) is 6.41. The smallest absolute Gasteiger partial charge is 0.160 e. The van der Waals surface area contributed by atoms with E-state index in [-0.39, 0.29) is 5.78 Å². The van der Waals surface area contributed by atoms with E-state index in [4.69, 9.17) is 0 Å². The van der Waals surface area contributed by atoms with Gasteiger partial charge in [0.1, 0.15) is 0 Å². The van der Waals surface area contributed by atoms with E-state index in [1.54, 1.807) is 18.7 Å². The number of aryl methyl sites for hydroxylation is 1. The van der Waals surface area contributed by atoms with Crippen molar-refractivity contribution in [1.29, 1.82) is 0 Å². The van der Waals surface area contributed by atoms with Crippen LogP contribution < -0.4 is 0 Å². The lowest BCUT2D eigenvalue weighted by molar-refractivity contribution is 0.101. The summed E-state index contributed by atoms with van der Waals surface area (Å²) in [6, 6.07) is 14.3. The highest BCUT2D eigenvalue weighted by Crippen LogP contribution is 2.29. The summed E-state index contributed by atoms with van der Waals surface area (Å²) in [4.78, 5) is 12.7. The van der Waals surface area contributed by atoms with Crippen LogP contribution in [0.1, 0.15) is 28.4 Å². The van der Waals surface area contributed by atoms with Gasteiger partial charge in [-0.15, -0.1) is 11.8 Å². The molecular formula is C16H15BrOS. The maximum absolute atomic E-state index is 11.6. The second-order valence-electron chi connectivity index (χ2n) is 4.47. The van der Waals surface area contributed by atoms with Crippen LogP contribution in [0.4, 0.5) is 0 Å². The summed E-state index contributed by atoms with van der Waals surface area (Å²) in [6.07, 6.45) is 0. The lowest BCUT2D eigenvalue weighted by Crippen LogP contribution is -1.95. The highest BCUT2D eigenvalue weighted by molar-refractivity contribution is 9.10. The van der Waals surface area contributed by atoms with E-state index in [0.717, 1.165) is 20.7 Å². The number of benzene rings is 2. The van der Waals surface area contributed by atoms with Gasteiger partial charge in [0.15, 0.2) is 5.78 Å². The number of carbonyl (C=O) groups is 1. The zero-order valence-corrected chi connectivity index (χ0v) is 13.3. The molecule has 0 fully saturated rings. The van der Waals surface area contributed by atoms with Crippen molar-refractivity contribution in [2.45, 2.75) is 24.5 Å². The van der Waals surface area contributed by atoms with Gasteiger partial charge in [0.25, 0.3) is 0 Å². The van der Waals surface area contributed by atoms with Crippen LogP contribution in [0.2, 0.25) is 0 Å². The fraction of sp³-hybridized carbons (Fsp3) is 0.188. The molecule has 0 amide bonds. The summed E-state index contributed by atoms with van der Waals surface area (Å²) in [6.45, 7) is 3.70. The van der Waals surface area contributed by atoms with E-state index in [2.05, 4.69) is 47.1 Å². The van der Waals surface area contributed by atoms with E-state index in [1.807, 2.05) is 18.2 Å². The number of ketones is 1. The summed E-state index contributed by atoms with van der Waals surface area (Å²) in [7, 11) is 0. The normalized spacial score (nSPS) is 10.5. The second kappa shape index (κ2) is 6.40. The number of carbonyl (C=O) groups excluding carboxylic acids is 1. The molecule has 2 rings (SSSR count). The van der Waals surface area contributed by atoms with E-state index in [0.29, 0.717) is 0 Å². The van der Waals surface area contributed by atoms with Gasteiger partial charge in [-0.2, -0.15) is 0 Å². The Labute approximate surface area is 126 Å². The summed E-state index contributed by atoms with van der Waals surface area (Å²) in [5, 5.41) is 0. The van der Waals surface area contributed by atoms with Crippen LogP contribution in [-0.4, -0.2) is 5.78 Å². The maximum Gasteiger partial charge on any atom is 0.160 e. The van der Waals surface area contributed by atoms with Crippen LogP contribution in [0, 0.1) is 6.92 Å². The Morgan fingerprint density at radius 1 is 1.21 bits per heavy atom. The van der Waals surface area contributed by atoms with E-state index < -0.39 is 0 Å². The zero-order valence-electron chi connectivity index (χ0n) is 10.9. The van der Waals surface area contributed by atoms with Crippen molar-refractivity contribution < 1.29 is 4.79 Å². The Morgan fingerprint density at radius 2 is 2.00 bits per heavy atom. The summed E-state index contributed by atoms with van der Waals surface area (Å²) in [5.41, 5.74) is 3.33. The van der Waals surface area contributed by atoms with Crippen molar-refractivity contribution in [2.75, 3.05) is 0 Å². The molecule has 1 nitrogen and oxygen atoms in total. The molecule has 0 radical (unpaired) electrons. The third-order valence-electron chi connectivity index (χ3n) is 2.80. The van der Waals surface area contributed by atoms with Crippen molar-refractivity contribution in [3.63, 3.8) is 0 Å². The molecule has 0 spiro atoms. The molecule has 3 heteroatoms. The number of Topliss-reactive ketones (excluding diaryl/α,β-unsaturated/α-hetero) is 1. The minimum absolute atomic E-state index is 0.105. The van der Waals surface area contributed by atoms with E-state index in [1.165, 1.54) is 11.1 Å². The predicted octanol–water partition coefficient (Wildman–Crippen LogP) is 5.25. The van der Waals surface area contributed by atoms with Crippen molar-refractivity contribution in [3.8, 4) is 0 Å². The Bertz CT molecular complexity index is 607. The first kappa shape index (κ1) is 14.4. The molecule has 0 unspecified atom stereocenters. The Morgan fingerprint density at radius 3 is 2.68 bits per heavy atom. The van der Waals surface area contributed by atoms with Crippen molar-refractivity contribution in [1.82, 2.24) is 0 Å². The molecule has 0 heterocycles. The van der Waals surface area contributed by atoms with Crippen molar-refractivity contribution >= 4 is 33.5 Å². The first-order valence-corrected chi connectivity index (χ1v) is 7.83. The zero-order chi connectivity index (χ0) is 13.8. The van der Waals surface area contributed by atoms with Gasteiger partial charge in [-0.05, 0) is 37.6 Å².